The number of H-pyrrole nitrogens is 1. The summed E-state index contributed by atoms with van der Waals surface area (Å²) in [5.41, 5.74) is 6.97. The molecular formula is C10H14N6OS. The van der Waals surface area contributed by atoms with Gasteiger partial charge in [0, 0.05) is 28.3 Å². The first-order chi connectivity index (χ1) is 8.72. The topological polar surface area (TPSA) is 110 Å². The highest BCUT2D eigenvalue weighted by Gasteiger charge is 2.19. The minimum Gasteiger partial charge on any atom is -0.368 e. The molecule has 7 nitrogen and oxygen atoms in total. The zero-order valence-corrected chi connectivity index (χ0v) is 10.5. The van der Waals surface area contributed by atoms with Crippen molar-refractivity contribution in [2.45, 2.75) is 18.9 Å². The van der Waals surface area contributed by atoms with Crippen LogP contribution in [0.5, 0.6) is 0 Å². The van der Waals surface area contributed by atoms with Crippen molar-refractivity contribution < 1.29 is 4.21 Å². The number of nitrogens with zero attached hydrogens (tertiary/aromatic N) is 3. The van der Waals surface area contributed by atoms with Crippen molar-refractivity contribution in [2.75, 3.05) is 22.6 Å². The van der Waals surface area contributed by atoms with Crippen LogP contribution in [0.3, 0.4) is 0 Å². The van der Waals surface area contributed by atoms with Crippen molar-refractivity contribution in [3.8, 4) is 0 Å². The third-order valence-corrected chi connectivity index (χ3v) is 4.41. The van der Waals surface area contributed by atoms with Crippen LogP contribution in [-0.2, 0) is 10.8 Å². The van der Waals surface area contributed by atoms with Crippen molar-refractivity contribution in [3.05, 3.63) is 6.33 Å². The lowest BCUT2D eigenvalue weighted by Gasteiger charge is -2.23. The fourth-order valence-electron chi connectivity index (χ4n) is 2.09. The molecule has 3 heterocycles. The second-order valence-electron chi connectivity index (χ2n) is 4.30. The molecule has 0 spiro atoms. The van der Waals surface area contributed by atoms with Crippen LogP contribution in [0.2, 0.25) is 0 Å². The molecule has 0 saturated carbocycles. The van der Waals surface area contributed by atoms with Crippen molar-refractivity contribution in [2.24, 2.45) is 0 Å². The lowest BCUT2D eigenvalue weighted by molar-refractivity contribution is 0.623. The first-order valence-electron chi connectivity index (χ1n) is 5.80. The van der Waals surface area contributed by atoms with E-state index in [0.717, 1.165) is 29.9 Å². The summed E-state index contributed by atoms with van der Waals surface area (Å²) >= 11 is 0. The number of nitrogens with two attached hydrogens (primary N) is 1. The Balaban J connectivity index is 1.85. The van der Waals surface area contributed by atoms with E-state index < -0.39 is 10.8 Å². The number of anilines is 2. The summed E-state index contributed by atoms with van der Waals surface area (Å²) in [6.45, 7) is 0. The molecule has 2 aromatic rings. The Kier molecular flexibility index (Phi) is 2.86. The molecule has 2 aromatic heterocycles. The molecule has 0 aliphatic carbocycles. The number of imidazole rings is 1. The van der Waals surface area contributed by atoms with Gasteiger partial charge in [-0.2, -0.15) is 9.97 Å². The number of fused-ring (bicyclic) bond motifs is 1. The molecule has 4 N–H and O–H groups in total. The molecular weight excluding hydrogens is 252 g/mol. The van der Waals surface area contributed by atoms with E-state index >= 15 is 0 Å². The molecule has 96 valence electrons. The van der Waals surface area contributed by atoms with Gasteiger partial charge in [-0.15, -0.1) is 0 Å². The average molecular weight is 266 g/mol. The van der Waals surface area contributed by atoms with E-state index in [1.165, 1.54) is 0 Å². The van der Waals surface area contributed by atoms with Gasteiger partial charge in [-0.25, -0.2) is 4.98 Å². The van der Waals surface area contributed by atoms with Crippen LogP contribution in [0, 0.1) is 0 Å². The predicted octanol–water partition coefficient (Wildman–Crippen LogP) is 0.258. The standard InChI is InChI=1S/C10H14N6OS/c11-10-15-8-7(12-5-13-8)9(16-10)14-6-1-3-18(17)4-2-6/h5-6H,1-4H2,(H4,11,12,13,14,15,16). The van der Waals surface area contributed by atoms with E-state index in [1.54, 1.807) is 6.33 Å². The molecule has 1 saturated heterocycles. The fraction of sp³-hybridized carbons (Fsp3) is 0.500. The Labute approximate surface area is 106 Å². The second kappa shape index (κ2) is 4.52. The minimum absolute atomic E-state index is 0.205. The number of hydrogen-bond acceptors (Lipinski definition) is 6. The summed E-state index contributed by atoms with van der Waals surface area (Å²) in [6, 6.07) is 0.281. The van der Waals surface area contributed by atoms with Crippen molar-refractivity contribution >= 4 is 33.7 Å². The fourth-order valence-corrected chi connectivity index (χ4v) is 3.38. The van der Waals surface area contributed by atoms with Crippen LogP contribution in [0.25, 0.3) is 11.2 Å². The number of nitrogens with one attached hydrogen (secondary N) is 2. The molecule has 1 aliphatic heterocycles. The van der Waals surface area contributed by atoms with Crippen LogP contribution in [0.4, 0.5) is 11.8 Å². The first kappa shape index (κ1) is 11.4. The third kappa shape index (κ3) is 2.15. The van der Waals surface area contributed by atoms with E-state index in [0.29, 0.717) is 11.5 Å². The second-order valence-corrected chi connectivity index (χ2v) is 5.99. The SMILES string of the molecule is Nc1nc(NC2CCS(=O)CC2)c2[nH]cnc2n1. The molecule has 0 aromatic carbocycles. The number of rotatable bonds is 2. The largest absolute Gasteiger partial charge is 0.368 e. The van der Waals surface area contributed by atoms with Gasteiger partial charge >= 0.3 is 0 Å². The van der Waals surface area contributed by atoms with Gasteiger partial charge in [-0.1, -0.05) is 0 Å². The van der Waals surface area contributed by atoms with Crippen LogP contribution < -0.4 is 11.1 Å². The maximum Gasteiger partial charge on any atom is 0.224 e. The summed E-state index contributed by atoms with van der Waals surface area (Å²) in [7, 11) is -0.660. The van der Waals surface area contributed by atoms with Gasteiger partial charge in [-0.05, 0) is 12.8 Å². The lowest BCUT2D eigenvalue weighted by Crippen LogP contribution is -2.29. The number of hydrogen-bond donors (Lipinski definition) is 3. The summed E-state index contributed by atoms with van der Waals surface area (Å²) in [5, 5.41) is 3.33. The predicted molar refractivity (Wildman–Crippen MR) is 70.6 cm³/mol. The number of aromatic amines is 1. The molecule has 0 atom stereocenters. The Hall–Kier alpha value is -1.70. The van der Waals surface area contributed by atoms with Gasteiger partial charge in [0.25, 0.3) is 0 Å². The maximum atomic E-state index is 11.3. The normalized spacial score (nSPS) is 24.2. The van der Waals surface area contributed by atoms with Crippen molar-refractivity contribution in [1.29, 1.82) is 0 Å². The van der Waals surface area contributed by atoms with E-state index in [4.69, 9.17) is 5.73 Å². The van der Waals surface area contributed by atoms with E-state index in [1.807, 2.05) is 0 Å². The first-order valence-corrected chi connectivity index (χ1v) is 7.29. The summed E-state index contributed by atoms with van der Waals surface area (Å²) in [4.78, 5) is 15.3. The summed E-state index contributed by atoms with van der Waals surface area (Å²) in [6.07, 6.45) is 3.33. The van der Waals surface area contributed by atoms with Crippen molar-refractivity contribution in [1.82, 2.24) is 19.9 Å². The van der Waals surface area contributed by atoms with Gasteiger partial charge in [0.2, 0.25) is 5.95 Å². The van der Waals surface area contributed by atoms with Gasteiger partial charge in [-0.3, -0.25) is 4.21 Å². The quantitative estimate of drug-likeness (QED) is 0.719. The van der Waals surface area contributed by atoms with Gasteiger partial charge < -0.3 is 16.0 Å². The number of nitrogen functional groups attached to an aromatic ring is 1. The molecule has 8 heteroatoms. The van der Waals surface area contributed by atoms with Crippen LogP contribution in [0.1, 0.15) is 12.8 Å². The lowest BCUT2D eigenvalue weighted by atomic mass is 10.1. The van der Waals surface area contributed by atoms with Gasteiger partial charge in [0.15, 0.2) is 11.5 Å². The molecule has 18 heavy (non-hydrogen) atoms. The van der Waals surface area contributed by atoms with Crippen LogP contribution >= 0.6 is 0 Å². The Bertz CT molecular complexity index is 587. The highest BCUT2D eigenvalue weighted by atomic mass is 32.2. The zero-order valence-electron chi connectivity index (χ0n) is 9.72. The minimum atomic E-state index is -0.660. The van der Waals surface area contributed by atoms with Gasteiger partial charge in [0.05, 0.1) is 6.33 Å². The van der Waals surface area contributed by atoms with E-state index in [-0.39, 0.29) is 12.0 Å². The smallest absolute Gasteiger partial charge is 0.224 e. The molecule has 0 radical (unpaired) electrons. The highest BCUT2D eigenvalue weighted by molar-refractivity contribution is 7.85. The highest BCUT2D eigenvalue weighted by Crippen LogP contribution is 2.21. The third-order valence-electron chi connectivity index (χ3n) is 3.03. The Morgan fingerprint density at radius 3 is 2.94 bits per heavy atom. The van der Waals surface area contributed by atoms with Crippen LogP contribution in [0.15, 0.2) is 6.33 Å². The molecule has 1 fully saturated rings. The van der Waals surface area contributed by atoms with E-state index in [9.17, 15) is 4.21 Å². The summed E-state index contributed by atoms with van der Waals surface area (Å²) < 4.78 is 11.3. The average Bonchev–Trinajstić information content (AvgIpc) is 2.80. The van der Waals surface area contributed by atoms with Crippen molar-refractivity contribution in [3.63, 3.8) is 0 Å². The summed E-state index contributed by atoms with van der Waals surface area (Å²) in [5.74, 6) is 2.36. The number of aromatic nitrogens is 4. The zero-order chi connectivity index (χ0) is 12.5. The molecule has 1 aliphatic rings. The van der Waals surface area contributed by atoms with E-state index in [2.05, 4.69) is 25.3 Å². The molecule has 0 unspecified atom stereocenters. The Morgan fingerprint density at radius 2 is 2.17 bits per heavy atom. The maximum absolute atomic E-state index is 11.3. The monoisotopic (exact) mass is 266 g/mol. The van der Waals surface area contributed by atoms with Crippen LogP contribution in [-0.4, -0.2) is 41.7 Å². The molecule has 0 bridgehead atoms. The molecule has 3 rings (SSSR count). The Morgan fingerprint density at radius 1 is 1.39 bits per heavy atom. The van der Waals surface area contributed by atoms with Gasteiger partial charge in [0.1, 0.15) is 5.52 Å². The molecule has 0 amide bonds.